The Hall–Kier alpha value is -4.03. The van der Waals surface area contributed by atoms with Crippen LogP contribution >= 0.6 is 0 Å². The highest BCUT2D eigenvalue weighted by molar-refractivity contribution is 7.89. The number of carboxylic acids is 1. The molecule has 212 valence electrons. The van der Waals surface area contributed by atoms with Gasteiger partial charge in [-0.3, -0.25) is 9.59 Å². The van der Waals surface area contributed by atoms with Crippen molar-refractivity contribution in [3.05, 3.63) is 77.1 Å². The molecule has 0 aliphatic carbocycles. The first-order chi connectivity index (χ1) is 19.0. The molecule has 1 fully saturated rings. The Balaban J connectivity index is 1.36. The summed E-state index contributed by atoms with van der Waals surface area (Å²) < 4.78 is 28.3. The van der Waals surface area contributed by atoms with E-state index in [1.54, 1.807) is 62.6 Å². The summed E-state index contributed by atoms with van der Waals surface area (Å²) in [5.74, 6) is -1.28. The number of aryl methyl sites for hydroxylation is 3. The fourth-order valence-electron chi connectivity index (χ4n) is 5.00. The predicted octanol–water partition coefficient (Wildman–Crippen LogP) is 2.64. The van der Waals surface area contributed by atoms with Gasteiger partial charge in [0.2, 0.25) is 16.0 Å². The van der Waals surface area contributed by atoms with Gasteiger partial charge in [-0.15, -0.1) is 0 Å². The van der Waals surface area contributed by atoms with Crippen LogP contribution in [0.1, 0.15) is 39.9 Å². The van der Waals surface area contributed by atoms with Crippen molar-refractivity contribution in [2.45, 2.75) is 50.6 Å². The van der Waals surface area contributed by atoms with E-state index in [0.29, 0.717) is 22.6 Å². The Bertz CT molecular complexity index is 1450. The summed E-state index contributed by atoms with van der Waals surface area (Å²) in [6.07, 6.45) is 5.13. The molecule has 3 aromatic rings. The number of hydrogen-bond acceptors (Lipinski definition) is 8. The normalized spacial score (nSPS) is 14.9. The maximum Gasteiger partial charge on any atom is 0.323 e. The molecular formula is C28H34N6O5S. The molecule has 0 radical (unpaired) electrons. The Labute approximate surface area is 234 Å². The van der Waals surface area contributed by atoms with E-state index in [1.165, 1.54) is 0 Å². The van der Waals surface area contributed by atoms with Crippen LogP contribution in [0.2, 0.25) is 0 Å². The zero-order valence-corrected chi connectivity index (χ0v) is 23.5. The summed E-state index contributed by atoms with van der Waals surface area (Å²) in [6.45, 7) is 6.31. The minimum absolute atomic E-state index is 0.0404. The second-order valence-corrected chi connectivity index (χ2v) is 11.6. The molecule has 4 N–H and O–H groups in total. The first-order valence-electron chi connectivity index (χ1n) is 13.0. The van der Waals surface area contributed by atoms with Crippen LogP contribution in [0.5, 0.6) is 0 Å². The number of carbonyl (C=O) groups is 2. The number of nitrogens with zero attached hydrogens (tertiary/aromatic N) is 3. The zero-order chi connectivity index (χ0) is 28.9. The van der Waals surface area contributed by atoms with Gasteiger partial charge in [0, 0.05) is 49.3 Å². The summed E-state index contributed by atoms with van der Waals surface area (Å²) in [7, 11) is -4.14. The van der Waals surface area contributed by atoms with Crippen molar-refractivity contribution < 1.29 is 23.1 Å². The van der Waals surface area contributed by atoms with Gasteiger partial charge in [-0.25, -0.2) is 18.4 Å². The highest BCUT2D eigenvalue weighted by Crippen LogP contribution is 2.23. The molecule has 0 unspecified atom stereocenters. The molecule has 0 bridgehead atoms. The largest absolute Gasteiger partial charge is 0.480 e. The third kappa shape index (κ3) is 7.13. The molecule has 1 amide bonds. The van der Waals surface area contributed by atoms with Crippen LogP contribution in [0.4, 0.5) is 11.6 Å². The van der Waals surface area contributed by atoms with Gasteiger partial charge >= 0.3 is 5.97 Å². The maximum absolute atomic E-state index is 13.1. The lowest BCUT2D eigenvalue weighted by atomic mass is 10.0. The summed E-state index contributed by atoms with van der Waals surface area (Å²) in [6, 6.07) is 11.0. The molecule has 1 aromatic heterocycles. The Kier molecular flexibility index (Phi) is 9.00. The van der Waals surface area contributed by atoms with E-state index in [4.69, 9.17) is 0 Å². The summed E-state index contributed by atoms with van der Waals surface area (Å²) in [4.78, 5) is 35.5. The van der Waals surface area contributed by atoms with Crippen molar-refractivity contribution in [2.75, 3.05) is 29.9 Å². The molecule has 0 saturated carbocycles. The second kappa shape index (κ2) is 12.4. The lowest BCUT2D eigenvalue weighted by molar-refractivity contribution is -0.138. The van der Waals surface area contributed by atoms with E-state index >= 15 is 0 Å². The highest BCUT2D eigenvalue weighted by atomic mass is 32.2. The number of carbonyl (C=O) groups excluding carboxylic acids is 1. The molecule has 12 heteroatoms. The number of benzene rings is 2. The molecule has 1 aliphatic heterocycles. The van der Waals surface area contributed by atoms with Crippen LogP contribution in [0.15, 0.2) is 59.8 Å². The fourth-order valence-corrected chi connectivity index (χ4v) is 6.64. The zero-order valence-electron chi connectivity index (χ0n) is 22.7. The number of sulfonamides is 1. The van der Waals surface area contributed by atoms with Gasteiger partial charge in [-0.05, 0) is 69.0 Å². The van der Waals surface area contributed by atoms with Crippen molar-refractivity contribution in [1.29, 1.82) is 0 Å². The van der Waals surface area contributed by atoms with Crippen molar-refractivity contribution in [3.63, 3.8) is 0 Å². The van der Waals surface area contributed by atoms with Crippen molar-refractivity contribution in [1.82, 2.24) is 20.0 Å². The standard InChI is InChI=1S/C28H34N6O5S/c1-18-14-19(2)25(20(3)15-18)40(38,39)33-24(27(36)37)17-31-26(35)21-6-4-7-23(16-21)34-12-8-22(9-13-34)32-28-29-10-5-11-30-28/h4-7,10-11,14-16,22,24,33H,8-9,12-13,17H2,1-3H3,(H,31,35)(H,36,37)(H,29,30,32)/t24-/m0/s1. The van der Waals surface area contributed by atoms with Crippen LogP contribution in [-0.2, 0) is 14.8 Å². The highest BCUT2D eigenvalue weighted by Gasteiger charge is 2.28. The molecule has 1 saturated heterocycles. The van der Waals surface area contributed by atoms with Crippen LogP contribution in [0.25, 0.3) is 0 Å². The maximum atomic E-state index is 13.1. The molecular weight excluding hydrogens is 532 g/mol. The van der Waals surface area contributed by atoms with Gasteiger partial charge in [-0.2, -0.15) is 4.72 Å². The van der Waals surface area contributed by atoms with E-state index in [-0.39, 0.29) is 10.9 Å². The predicted molar refractivity (Wildman–Crippen MR) is 152 cm³/mol. The summed E-state index contributed by atoms with van der Waals surface area (Å²) in [5, 5.41) is 15.6. The van der Waals surface area contributed by atoms with Crippen LogP contribution in [0.3, 0.4) is 0 Å². The quantitative estimate of drug-likeness (QED) is 0.290. The molecule has 0 spiro atoms. The van der Waals surface area contributed by atoms with Gasteiger partial charge in [0.25, 0.3) is 5.91 Å². The third-order valence-electron chi connectivity index (χ3n) is 6.80. The van der Waals surface area contributed by atoms with Crippen molar-refractivity contribution >= 4 is 33.5 Å². The number of aromatic nitrogens is 2. The van der Waals surface area contributed by atoms with E-state index in [9.17, 15) is 23.1 Å². The number of anilines is 2. The van der Waals surface area contributed by atoms with Gasteiger partial charge in [0.1, 0.15) is 6.04 Å². The minimum Gasteiger partial charge on any atom is -0.480 e. The summed E-state index contributed by atoms with van der Waals surface area (Å²) in [5.41, 5.74) is 3.17. The van der Waals surface area contributed by atoms with Crippen LogP contribution in [0, 0.1) is 20.8 Å². The number of hydrogen-bond donors (Lipinski definition) is 4. The van der Waals surface area contributed by atoms with Crippen LogP contribution in [-0.4, -0.2) is 67.1 Å². The molecule has 1 atom stereocenters. The van der Waals surface area contributed by atoms with E-state index < -0.39 is 34.5 Å². The topological polar surface area (TPSA) is 154 Å². The van der Waals surface area contributed by atoms with Crippen molar-refractivity contribution in [3.8, 4) is 0 Å². The lowest BCUT2D eigenvalue weighted by Gasteiger charge is -2.34. The molecule has 1 aliphatic rings. The fraction of sp³-hybridized carbons (Fsp3) is 0.357. The Morgan fingerprint density at radius 2 is 1.68 bits per heavy atom. The number of carboxylic acid groups (broad SMARTS) is 1. The second-order valence-electron chi connectivity index (χ2n) is 9.98. The lowest BCUT2D eigenvalue weighted by Crippen LogP contribution is -2.48. The monoisotopic (exact) mass is 566 g/mol. The van der Waals surface area contributed by atoms with Crippen molar-refractivity contribution in [2.24, 2.45) is 0 Å². The average Bonchev–Trinajstić information content (AvgIpc) is 2.91. The molecule has 2 aromatic carbocycles. The molecule has 2 heterocycles. The smallest absolute Gasteiger partial charge is 0.323 e. The number of rotatable bonds is 10. The van der Waals surface area contributed by atoms with E-state index in [1.807, 2.05) is 13.0 Å². The molecule has 4 rings (SSSR count). The van der Waals surface area contributed by atoms with Crippen LogP contribution < -0.4 is 20.3 Å². The number of piperidine rings is 1. The minimum atomic E-state index is -4.14. The Morgan fingerprint density at radius 1 is 1.02 bits per heavy atom. The first-order valence-corrected chi connectivity index (χ1v) is 14.5. The van der Waals surface area contributed by atoms with Gasteiger partial charge in [0.15, 0.2) is 0 Å². The molecule has 40 heavy (non-hydrogen) atoms. The van der Waals surface area contributed by atoms with Gasteiger partial charge < -0.3 is 20.6 Å². The average molecular weight is 567 g/mol. The van der Waals surface area contributed by atoms with Gasteiger partial charge in [-0.1, -0.05) is 23.8 Å². The van der Waals surface area contributed by atoms with E-state index in [2.05, 4.69) is 30.2 Å². The number of aliphatic carboxylic acids is 1. The first kappa shape index (κ1) is 29.0. The number of nitrogens with one attached hydrogen (secondary N) is 3. The van der Waals surface area contributed by atoms with E-state index in [0.717, 1.165) is 37.2 Å². The number of amides is 1. The van der Waals surface area contributed by atoms with Gasteiger partial charge in [0.05, 0.1) is 4.90 Å². The molecule has 11 nitrogen and oxygen atoms in total. The SMILES string of the molecule is Cc1cc(C)c(S(=O)(=O)N[C@@H](CNC(=O)c2cccc(N3CCC(Nc4ncccn4)CC3)c2)C(=O)O)c(C)c1. The summed E-state index contributed by atoms with van der Waals surface area (Å²) >= 11 is 0. The third-order valence-corrected chi connectivity index (χ3v) is 8.58. The Morgan fingerprint density at radius 3 is 2.30 bits per heavy atom.